The molecule has 0 fully saturated rings. The molecule has 79 heavy (non-hydrogen) atoms. The number of ether oxygens (including phenoxy) is 2. The monoisotopic (exact) mass is 1120 g/mol. The number of phosphoric ester groups is 1. The van der Waals surface area contributed by atoms with Gasteiger partial charge in [-0.15, -0.1) is 0 Å². The maximum atomic E-state index is 12.7. The van der Waals surface area contributed by atoms with Crippen LogP contribution in [0.25, 0.3) is 0 Å². The first-order valence-electron chi connectivity index (χ1n) is 32.4. The normalized spacial score (nSPS) is 13.7. The third-order valence-electron chi connectivity index (χ3n) is 13.7. The fraction of sp³-hybridized carbons (Fsp3) is 0.710. The molecule has 0 aliphatic heterocycles. The lowest BCUT2D eigenvalue weighted by Crippen LogP contribution is -2.29. The van der Waals surface area contributed by atoms with Gasteiger partial charge in [-0.1, -0.05) is 297 Å². The van der Waals surface area contributed by atoms with Gasteiger partial charge in [0.15, 0.2) is 6.10 Å². The highest BCUT2D eigenvalue weighted by Crippen LogP contribution is 2.43. The van der Waals surface area contributed by atoms with Gasteiger partial charge in [0.25, 0.3) is 0 Å². The second-order valence-corrected chi connectivity index (χ2v) is 22.7. The van der Waals surface area contributed by atoms with Gasteiger partial charge >= 0.3 is 19.8 Å². The molecule has 0 saturated heterocycles. The summed E-state index contributed by atoms with van der Waals surface area (Å²) in [6.45, 7) is 3.65. The molecular formula is C69H120NO8P. The molecule has 3 N–H and O–H groups in total. The molecule has 0 amide bonds. The molecule has 9 nitrogen and oxygen atoms in total. The summed E-state index contributed by atoms with van der Waals surface area (Å²) >= 11 is 0. The third kappa shape index (κ3) is 63.7. The van der Waals surface area contributed by atoms with Crippen LogP contribution in [0.5, 0.6) is 0 Å². The quantitative estimate of drug-likeness (QED) is 0.0264. The van der Waals surface area contributed by atoms with E-state index in [-0.39, 0.29) is 38.6 Å². The Balaban J connectivity index is 3.93. The minimum Gasteiger partial charge on any atom is -0.462 e. The van der Waals surface area contributed by atoms with Crippen LogP contribution in [0.1, 0.15) is 284 Å². The zero-order valence-electron chi connectivity index (χ0n) is 50.8. The SMILES string of the molecule is CC/C=C\C/C=C\C/C=C\C/C=C\C/C=C\C/C=C\C/C=C\C/C=C\C/C=C\CCCCCCCCCCCCCC(=O)OC(COC(=O)CCCCCCCCCCCCCCCCCCCCC)COP(=O)(O)OCCN. The van der Waals surface area contributed by atoms with E-state index in [9.17, 15) is 19.0 Å². The number of phosphoric acid groups is 1. The van der Waals surface area contributed by atoms with Gasteiger partial charge < -0.3 is 20.1 Å². The molecule has 2 atom stereocenters. The lowest BCUT2D eigenvalue weighted by atomic mass is 10.0. The number of allylic oxidation sites excluding steroid dienone is 18. The number of carbonyl (C=O) groups excluding carboxylic acids is 2. The molecule has 10 heteroatoms. The molecule has 0 heterocycles. The highest BCUT2D eigenvalue weighted by atomic mass is 31.2. The van der Waals surface area contributed by atoms with Crippen molar-refractivity contribution in [2.24, 2.45) is 5.73 Å². The van der Waals surface area contributed by atoms with Gasteiger partial charge in [-0.2, -0.15) is 0 Å². The predicted molar refractivity (Wildman–Crippen MR) is 339 cm³/mol. The van der Waals surface area contributed by atoms with Crippen LogP contribution in [0.3, 0.4) is 0 Å². The van der Waals surface area contributed by atoms with E-state index in [4.69, 9.17) is 24.3 Å². The summed E-state index contributed by atoms with van der Waals surface area (Å²) in [5.41, 5.74) is 5.39. The molecule has 0 aliphatic carbocycles. The summed E-state index contributed by atoms with van der Waals surface area (Å²) in [6, 6.07) is 0. The van der Waals surface area contributed by atoms with E-state index in [2.05, 4.69) is 123 Å². The van der Waals surface area contributed by atoms with Gasteiger partial charge in [-0.05, 0) is 83.5 Å². The van der Waals surface area contributed by atoms with Gasteiger partial charge in [0.05, 0.1) is 13.2 Å². The van der Waals surface area contributed by atoms with Crippen LogP contribution in [-0.2, 0) is 32.7 Å². The average Bonchev–Trinajstić information content (AvgIpc) is 3.44. The van der Waals surface area contributed by atoms with Crippen molar-refractivity contribution in [2.75, 3.05) is 26.4 Å². The Morgan fingerprint density at radius 2 is 0.696 bits per heavy atom. The van der Waals surface area contributed by atoms with Crippen LogP contribution < -0.4 is 5.73 Å². The molecule has 2 unspecified atom stereocenters. The van der Waals surface area contributed by atoms with Crippen molar-refractivity contribution in [3.63, 3.8) is 0 Å². The molecular weight excluding hydrogens is 1000 g/mol. The fourth-order valence-corrected chi connectivity index (χ4v) is 9.69. The van der Waals surface area contributed by atoms with E-state index in [1.165, 1.54) is 148 Å². The summed E-state index contributed by atoms with van der Waals surface area (Å²) in [5.74, 6) is -0.825. The first-order chi connectivity index (χ1) is 38.8. The minimum absolute atomic E-state index is 0.0504. The van der Waals surface area contributed by atoms with Crippen LogP contribution in [-0.4, -0.2) is 49.3 Å². The molecule has 0 saturated carbocycles. The van der Waals surface area contributed by atoms with Crippen LogP contribution in [0.4, 0.5) is 0 Å². The molecule has 0 aromatic heterocycles. The van der Waals surface area contributed by atoms with Crippen LogP contribution >= 0.6 is 7.82 Å². The second-order valence-electron chi connectivity index (χ2n) is 21.3. The van der Waals surface area contributed by atoms with Gasteiger partial charge in [0.2, 0.25) is 0 Å². The highest BCUT2D eigenvalue weighted by Gasteiger charge is 2.26. The number of nitrogens with two attached hydrogens (primary N) is 1. The van der Waals surface area contributed by atoms with Crippen molar-refractivity contribution >= 4 is 19.8 Å². The van der Waals surface area contributed by atoms with Crippen molar-refractivity contribution < 1.29 is 37.6 Å². The Morgan fingerprint density at radius 1 is 0.392 bits per heavy atom. The Labute approximate surface area is 486 Å². The number of hydrogen-bond donors (Lipinski definition) is 2. The van der Waals surface area contributed by atoms with Gasteiger partial charge in [-0.25, -0.2) is 4.57 Å². The summed E-state index contributed by atoms with van der Waals surface area (Å²) < 4.78 is 33.1. The van der Waals surface area contributed by atoms with E-state index in [1.54, 1.807) is 0 Å². The second kappa shape index (κ2) is 63.8. The molecule has 0 radical (unpaired) electrons. The predicted octanol–water partition coefficient (Wildman–Crippen LogP) is 21.0. The first-order valence-corrected chi connectivity index (χ1v) is 33.9. The van der Waals surface area contributed by atoms with E-state index >= 15 is 0 Å². The van der Waals surface area contributed by atoms with Crippen LogP contribution in [0.15, 0.2) is 109 Å². The molecule has 454 valence electrons. The molecule has 0 aliphatic rings. The summed E-state index contributed by atoms with van der Waals surface area (Å²) in [7, 11) is -4.39. The summed E-state index contributed by atoms with van der Waals surface area (Å²) in [5, 5.41) is 0. The molecule has 0 aromatic carbocycles. The van der Waals surface area contributed by atoms with E-state index in [0.717, 1.165) is 103 Å². The summed E-state index contributed by atoms with van der Waals surface area (Å²) in [6.07, 6.45) is 87.3. The van der Waals surface area contributed by atoms with Gasteiger partial charge in [-0.3, -0.25) is 18.6 Å². The van der Waals surface area contributed by atoms with Gasteiger partial charge in [0.1, 0.15) is 6.61 Å². The maximum absolute atomic E-state index is 12.7. The smallest absolute Gasteiger partial charge is 0.462 e. The zero-order chi connectivity index (χ0) is 57.3. The van der Waals surface area contributed by atoms with Crippen LogP contribution in [0, 0.1) is 0 Å². The Kier molecular flexibility index (Phi) is 61.2. The standard InChI is InChI=1S/C69H120NO8P/c1-3-5-7-9-11-13-15-17-19-21-23-24-25-26-27-28-29-30-31-32-33-34-35-36-37-38-39-40-41-42-44-46-48-50-52-54-56-58-60-62-69(72)78-67(66-77-79(73,74)76-64-63-70)65-75-68(71)61-59-57-55-53-51-49-47-45-43-22-20-18-16-14-12-10-8-6-4-2/h5,7,11,13,17,19,23-24,26-27,29-30,32-33,35-36,38-39,67H,3-4,6,8-10,12,14-16,18,20-22,25,28,31,34,37,40-66,70H2,1-2H3,(H,73,74)/b7-5-,13-11-,19-17-,24-23-,27-26-,30-29-,33-32-,36-35-,39-38-. The highest BCUT2D eigenvalue weighted by molar-refractivity contribution is 7.47. The van der Waals surface area contributed by atoms with Crippen molar-refractivity contribution in [3.05, 3.63) is 109 Å². The molecule has 0 bridgehead atoms. The van der Waals surface area contributed by atoms with E-state index < -0.39 is 26.5 Å². The van der Waals surface area contributed by atoms with Crippen molar-refractivity contribution in [1.82, 2.24) is 0 Å². The third-order valence-corrected chi connectivity index (χ3v) is 14.7. The first kappa shape index (κ1) is 75.7. The Bertz CT molecular complexity index is 1660. The lowest BCUT2D eigenvalue weighted by Gasteiger charge is -2.19. The largest absolute Gasteiger partial charge is 0.472 e. The fourth-order valence-electron chi connectivity index (χ4n) is 8.92. The Morgan fingerprint density at radius 3 is 1.04 bits per heavy atom. The minimum atomic E-state index is -4.39. The number of unbranched alkanes of at least 4 members (excludes halogenated alkanes) is 29. The van der Waals surface area contributed by atoms with Crippen molar-refractivity contribution in [3.8, 4) is 0 Å². The Hall–Kier alpha value is -3.33. The van der Waals surface area contributed by atoms with Gasteiger partial charge in [0, 0.05) is 19.4 Å². The van der Waals surface area contributed by atoms with Crippen LogP contribution in [0.2, 0.25) is 0 Å². The average molecular weight is 1120 g/mol. The van der Waals surface area contributed by atoms with E-state index in [1.807, 2.05) is 0 Å². The number of hydrogen-bond acceptors (Lipinski definition) is 8. The van der Waals surface area contributed by atoms with Crippen molar-refractivity contribution in [1.29, 1.82) is 0 Å². The molecule has 0 spiro atoms. The topological polar surface area (TPSA) is 134 Å². The maximum Gasteiger partial charge on any atom is 0.472 e. The zero-order valence-corrected chi connectivity index (χ0v) is 51.7. The number of rotatable bonds is 60. The lowest BCUT2D eigenvalue weighted by molar-refractivity contribution is -0.161. The molecule has 0 aromatic rings. The summed E-state index contributed by atoms with van der Waals surface area (Å²) in [4.78, 5) is 35.3. The molecule has 0 rings (SSSR count). The number of carbonyl (C=O) groups is 2. The number of esters is 2. The van der Waals surface area contributed by atoms with E-state index in [0.29, 0.717) is 6.42 Å². The van der Waals surface area contributed by atoms with Crippen molar-refractivity contribution in [2.45, 2.75) is 290 Å².